The predicted molar refractivity (Wildman–Crippen MR) is 92.0 cm³/mol. The molecule has 1 heterocycles. The first-order valence-corrected chi connectivity index (χ1v) is 7.67. The van der Waals surface area contributed by atoms with Crippen LogP contribution in [0.15, 0.2) is 24.3 Å². The zero-order valence-corrected chi connectivity index (χ0v) is 14.1. The van der Waals surface area contributed by atoms with Crippen LogP contribution in [0, 0.1) is 0 Å². The summed E-state index contributed by atoms with van der Waals surface area (Å²) in [5, 5.41) is 2.84. The number of benzene rings is 1. The van der Waals surface area contributed by atoms with Crippen LogP contribution in [-0.4, -0.2) is 37.6 Å². The SMILES string of the molecule is CC1Oc2ccccc2N(CCC(=O)NCCCCN)C1=O.Cl. The monoisotopic (exact) mass is 341 g/mol. The van der Waals surface area contributed by atoms with E-state index < -0.39 is 6.10 Å². The molecule has 2 amide bonds. The Kier molecular flexibility index (Phi) is 7.85. The fourth-order valence-corrected chi connectivity index (χ4v) is 2.39. The summed E-state index contributed by atoms with van der Waals surface area (Å²) in [4.78, 5) is 25.7. The third-order valence-electron chi connectivity index (χ3n) is 3.59. The van der Waals surface area contributed by atoms with Gasteiger partial charge in [0.15, 0.2) is 6.10 Å². The van der Waals surface area contributed by atoms with Gasteiger partial charge in [0.2, 0.25) is 5.91 Å². The van der Waals surface area contributed by atoms with E-state index in [2.05, 4.69) is 5.32 Å². The maximum absolute atomic E-state index is 12.3. The Labute approximate surface area is 142 Å². The Morgan fingerprint density at radius 3 is 2.83 bits per heavy atom. The third-order valence-corrected chi connectivity index (χ3v) is 3.59. The highest BCUT2D eigenvalue weighted by atomic mass is 35.5. The second-order valence-electron chi connectivity index (χ2n) is 5.31. The molecule has 0 fully saturated rings. The number of fused-ring (bicyclic) bond motifs is 1. The zero-order valence-electron chi connectivity index (χ0n) is 13.3. The molecule has 0 bridgehead atoms. The molecule has 6 nitrogen and oxygen atoms in total. The van der Waals surface area contributed by atoms with E-state index in [9.17, 15) is 9.59 Å². The molecule has 1 aromatic rings. The van der Waals surface area contributed by atoms with Crippen LogP contribution in [0.5, 0.6) is 5.75 Å². The van der Waals surface area contributed by atoms with Crippen LogP contribution in [0.3, 0.4) is 0 Å². The summed E-state index contributed by atoms with van der Waals surface area (Å²) in [6.45, 7) is 3.33. The highest BCUT2D eigenvalue weighted by Crippen LogP contribution is 2.33. The maximum Gasteiger partial charge on any atom is 0.267 e. The lowest BCUT2D eigenvalue weighted by Gasteiger charge is -2.32. The summed E-state index contributed by atoms with van der Waals surface area (Å²) in [5.74, 6) is 0.508. The molecule has 1 aromatic carbocycles. The standard InChI is InChI=1S/C16H23N3O3.ClH/c1-12-16(21)19(13-6-2-3-7-14(13)22-12)11-8-15(20)18-10-5-4-9-17;/h2-3,6-7,12H,4-5,8-11,17H2,1H3,(H,18,20);1H. The minimum absolute atomic E-state index is 0. The number of hydrogen-bond donors (Lipinski definition) is 2. The van der Waals surface area contributed by atoms with E-state index >= 15 is 0 Å². The van der Waals surface area contributed by atoms with E-state index in [0.29, 0.717) is 25.4 Å². The van der Waals surface area contributed by atoms with Crippen molar-refractivity contribution < 1.29 is 14.3 Å². The van der Waals surface area contributed by atoms with Gasteiger partial charge in [0.05, 0.1) is 5.69 Å². The van der Waals surface area contributed by atoms with E-state index in [1.807, 2.05) is 24.3 Å². The molecule has 0 saturated heterocycles. The van der Waals surface area contributed by atoms with Gasteiger partial charge in [0.1, 0.15) is 5.75 Å². The molecular formula is C16H24ClN3O3. The average molecular weight is 342 g/mol. The molecule has 1 unspecified atom stereocenters. The second-order valence-corrected chi connectivity index (χ2v) is 5.31. The smallest absolute Gasteiger partial charge is 0.267 e. The van der Waals surface area contributed by atoms with E-state index in [1.54, 1.807) is 11.8 Å². The number of hydrogen-bond acceptors (Lipinski definition) is 4. The highest BCUT2D eigenvalue weighted by Gasteiger charge is 2.31. The fourth-order valence-electron chi connectivity index (χ4n) is 2.39. The molecule has 0 spiro atoms. The number of nitrogens with zero attached hydrogens (tertiary/aromatic N) is 1. The minimum Gasteiger partial charge on any atom is -0.479 e. The van der Waals surface area contributed by atoms with Crippen molar-refractivity contribution in [2.75, 3.05) is 24.5 Å². The number of rotatable bonds is 7. The van der Waals surface area contributed by atoms with Crippen LogP contribution in [0.25, 0.3) is 0 Å². The van der Waals surface area contributed by atoms with Crippen molar-refractivity contribution in [1.82, 2.24) is 5.32 Å². The van der Waals surface area contributed by atoms with Gasteiger partial charge in [-0.25, -0.2) is 0 Å². The number of nitrogens with two attached hydrogens (primary N) is 1. The number of carbonyl (C=O) groups is 2. The normalized spacial score (nSPS) is 16.2. The molecule has 0 radical (unpaired) electrons. The Morgan fingerprint density at radius 2 is 2.09 bits per heavy atom. The average Bonchev–Trinajstić information content (AvgIpc) is 2.52. The molecule has 23 heavy (non-hydrogen) atoms. The van der Waals surface area contributed by atoms with Crippen LogP contribution in [0.4, 0.5) is 5.69 Å². The Morgan fingerprint density at radius 1 is 1.35 bits per heavy atom. The largest absolute Gasteiger partial charge is 0.479 e. The molecule has 0 saturated carbocycles. The maximum atomic E-state index is 12.3. The first-order chi connectivity index (χ1) is 10.6. The van der Waals surface area contributed by atoms with Crippen LogP contribution in [-0.2, 0) is 9.59 Å². The van der Waals surface area contributed by atoms with E-state index in [4.69, 9.17) is 10.5 Å². The lowest BCUT2D eigenvalue weighted by atomic mass is 10.1. The molecule has 0 aromatic heterocycles. The van der Waals surface area contributed by atoms with Crippen molar-refractivity contribution in [2.24, 2.45) is 5.73 Å². The van der Waals surface area contributed by atoms with Crippen molar-refractivity contribution in [3.8, 4) is 5.75 Å². The molecule has 1 aliphatic rings. The number of halogens is 1. The summed E-state index contributed by atoms with van der Waals surface area (Å²) >= 11 is 0. The number of para-hydroxylation sites is 2. The molecule has 1 atom stereocenters. The topological polar surface area (TPSA) is 84.7 Å². The van der Waals surface area contributed by atoms with Gasteiger partial charge >= 0.3 is 0 Å². The summed E-state index contributed by atoms with van der Waals surface area (Å²) in [5.41, 5.74) is 6.13. The number of nitrogens with one attached hydrogen (secondary N) is 1. The summed E-state index contributed by atoms with van der Waals surface area (Å²) in [7, 11) is 0. The van der Waals surface area contributed by atoms with Crippen LogP contribution in [0.1, 0.15) is 26.2 Å². The molecule has 3 N–H and O–H groups in total. The fraction of sp³-hybridized carbons (Fsp3) is 0.500. The van der Waals surface area contributed by atoms with Gasteiger partial charge in [-0.3, -0.25) is 9.59 Å². The first kappa shape index (κ1) is 19.3. The first-order valence-electron chi connectivity index (χ1n) is 7.67. The molecular weight excluding hydrogens is 318 g/mol. The van der Waals surface area contributed by atoms with Crippen molar-refractivity contribution in [2.45, 2.75) is 32.3 Å². The molecule has 7 heteroatoms. The lowest BCUT2D eigenvalue weighted by molar-refractivity contribution is -0.125. The van der Waals surface area contributed by atoms with Crippen molar-refractivity contribution in [3.05, 3.63) is 24.3 Å². The number of carbonyl (C=O) groups excluding carboxylic acids is 2. The summed E-state index contributed by atoms with van der Waals surface area (Å²) < 4.78 is 5.57. The summed E-state index contributed by atoms with van der Waals surface area (Å²) in [6, 6.07) is 7.38. The van der Waals surface area contributed by atoms with Crippen molar-refractivity contribution in [3.63, 3.8) is 0 Å². The van der Waals surface area contributed by atoms with Gasteiger partial charge in [-0.15, -0.1) is 12.4 Å². The van der Waals surface area contributed by atoms with E-state index in [0.717, 1.165) is 18.5 Å². The zero-order chi connectivity index (χ0) is 15.9. The molecule has 0 aliphatic carbocycles. The summed E-state index contributed by atoms with van der Waals surface area (Å²) in [6.07, 6.45) is 1.52. The van der Waals surface area contributed by atoms with Gasteiger partial charge in [-0.05, 0) is 38.4 Å². The molecule has 128 valence electrons. The minimum atomic E-state index is -0.525. The lowest BCUT2D eigenvalue weighted by Crippen LogP contribution is -2.45. The second kappa shape index (κ2) is 9.37. The van der Waals surface area contributed by atoms with Crippen molar-refractivity contribution >= 4 is 29.9 Å². The molecule has 1 aliphatic heterocycles. The Balaban J connectivity index is 0.00000264. The van der Waals surface area contributed by atoms with E-state index in [-0.39, 0.29) is 30.6 Å². The van der Waals surface area contributed by atoms with Gasteiger partial charge in [0.25, 0.3) is 5.91 Å². The third kappa shape index (κ3) is 5.11. The van der Waals surface area contributed by atoms with Gasteiger partial charge in [-0.2, -0.15) is 0 Å². The van der Waals surface area contributed by atoms with Gasteiger partial charge in [-0.1, -0.05) is 12.1 Å². The van der Waals surface area contributed by atoms with Crippen molar-refractivity contribution in [1.29, 1.82) is 0 Å². The van der Waals surface area contributed by atoms with Gasteiger partial charge in [0, 0.05) is 19.5 Å². The van der Waals surface area contributed by atoms with Crippen LogP contribution >= 0.6 is 12.4 Å². The Hall–Kier alpha value is -1.79. The number of anilines is 1. The Bertz CT molecular complexity index is 539. The highest BCUT2D eigenvalue weighted by molar-refractivity contribution is 6.00. The number of ether oxygens (including phenoxy) is 1. The quantitative estimate of drug-likeness (QED) is 0.735. The molecule has 2 rings (SSSR count). The van der Waals surface area contributed by atoms with E-state index in [1.165, 1.54) is 0 Å². The number of amides is 2. The number of unbranched alkanes of at least 4 members (excludes halogenated alkanes) is 1. The predicted octanol–water partition coefficient (Wildman–Crippen LogP) is 1.47. The van der Waals surface area contributed by atoms with Crippen LogP contribution < -0.4 is 20.7 Å². The van der Waals surface area contributed by atoms with Gasteiger partial charge < -0.3 is 20.7 Å². The van der Waals surface area contributed by atoms with Crippen LogP contribution in [0.2, 0.25) is 0 Å².